The van der Waals surface area contributed by atoms with Crippen LogP contribution in [-0.4, -0.2) is 19.4 Å². The number of benzene rings is 2. The van der Waals surface area contributed by atoms with Gasteiger partial charge in [-0.3, -0.25) is 0 Å². The molecule has 0 aliphatic heterocycles. The Bertz CT molecular complexity index is 639. The summed E-state index contributed by atoms with van der Waals surface area (Å²) in [4.78, 5) is 12.0. The van der Waals surface area contributed by atoms with E-state index in [0.717, 1.165) is 25.7 Å². The van der Waals surface area contributed by atoms with Crippen molar-refractivity contribution in [3.63, 3.8) is 0 Å². The molecular formula is C21H22O3. The van der Waals surface area contributed by atoms with Crippen LogP contribution in [0.5, 0.6) is 0 Å². The first-order chi connectivity index (χ1) is 11.7. The summed E-state index contributed by atoms with van der Waals surface area (Å²) in [6.07, 6.45) is 3.73. The molecule has 2 aromatic rings. The van der Waals surface area contributed by atoms with Crippen molar-refractivity contribution in [2.45, 2.75) is 36.5 Å². The molecule has 2 aliphatic rings. The van der Waals surface area contributed by atoms with Gasteiger partial charge in [0.1, 0.15) is 13.2 Å². The van der Waals surface area contributed by atoms with Crippen molar-refractivity contribution in [1.82, 2.24) is 0 Å². The Kier molecular flexibility index (Phi) is 3.79. The zero-order valence-corrected chi connectivity index (χ0v) is 13.7. The van der Waals surface area contributed by atoms with Crippen molar-refractivity contribution in [1.29, 1.82) is 0 Å². The third-order valence-electron chi connectivity index (χ3n) is 5.41. The lowest BCUT2D eigenvalue weighted by atomic mass is 9.97. The maximum atomic E-state index is 12.0. The molecule has 0 bridgehead atoms. The average Bonchev–Trinajstić information content (AvgIpc) is 3.56. The molecule has 124 valence electrons. The lowest BCUT2D eigenvalue weighted by molar-refractivity contribution is 0.0425. The monoisotopic (exact) mass is 322 g/mol. The van der Waals surface area contributed by atoms with Gasteiger partial charge in [-0.1, -0.05) is 60.7 Å². The van der Waals surface area contributed by atoms with Crippen LogP contribution in [0.1, 0.15) is 36.8 Å². The van der Waals surface area contributed by atoms with Gasteiger partial charge in [-0.15, -0.1) is 0 Å². The van der Waals surface area contributed by atoms with E-state index in [1.165, 1.54) is 11.1 Å². The Morgan fingerprint density at radius 2 is 1.08 bits per heavy atom. The van der Waals surface area contributed by atoms with Crippen molar-refractivity contribution >= 4 is 6.16 Å². The summed E-state index contributed by atoms with van der Waals surface area (Å²) in [7, 11) is 0. The standard InChI is InChI=1S/C21H22O3/c22-19(23-15-20(11-12-20)17-7-3-1-4-8-17)24-16-21(13-14-21)18-9-5-2-6-10-18/h1-10H,11-16H2. The van der Waals surface area contributed by atoms with E-state index in [1.807, 2.05) is 36.4 Å². The zero-order valence-electron chi connectivity index (χ0n) is 13.7. The number of carbonyl (C=O) groups excluding carboxylic acids is 1. The number of ether oxygens (including phenoxy) is 2. The number of rotatable bonds is 6. The van der Waals surface area contributed by atoms with Crippen LogP contribution in [0.25, 0.3) is 0 Å². The maximum absolute atomic E-state index is 12.0. The van der Waals surface area contributed by atoms with Crippen molar-refractivity contribution in [2.75, 3.05) is 13.2 Å². The van der Waals surface area contributed by atoms with Crippen LogP contribution in [0.3, 0.4) is 0 Å². The Morgan fingerprint density at radius 1 is 0.708 bits per heavy atom. The van der Waals surface area contributed by atoms with E-state index in [1.54, 1.807) is 0 Å². The molecule has 0 heterocycles. The van der Waals surface area contributed by atoms with Gasteiger partial charge in [0.25, 0.3) is 0 Å². The molecule has 2 aromatic carbocycles. The van der Waals surface area contributed by atoms with Gasteiger partial charge in [-0.25, -0.2) is 4.79 Å². The Balaban J connectivity index is 1.29. The SMILES string of the molecule is O=C(OCC1(c2ccccc2)CC1)OCC1(c2ccccc2)CC1. The third-order valence-corrected chi connectivity index (χ3v) is 5.41. The molecule has 0 amide bonds. The van der Waals surface area contributed by atoms with E-state index in [2.05, 4.69) is 24.3 Å². The Morgan fingerprint density at radius 3 is 1.42 bits per heavy atom. The van der Waals surface area contributed by atoms with E-state index in [4.69, 9.17) is 9.47 Å². The lowest BCUT2D eigenvalue weighted by Crippen LogP contribution is -2.23. The molecular weight excluding hydrogens is 300 g/mol. The summed E-state index contributed by atoms with van der Waals surface area (Å²) in [5.74, 6) is 0. The molecule has 3 heteroatoms. The minimum atomic E-state index is -0.542. The van der Waals surface area contributed by atoms with E-state index < -0.39 is 6.16 Å². The Labute approximate surface area is 142 Å². The highest BCUT2D eigenvalue weighted by Gasteiger charge is 2.47. The first-order valence-corrected chi connectivity index (χ1v) is 8.63. The van der Waals surface area contributed by atoms with Gasteiger partial charge in [0.2, 0.25) is 0 Å². The summed E-state index contributed by atoms with van der Waals surface area (Å²) in [5.41, 5.74) is 2.52. The molecule has 0 spiro atoms. The van der Waals surface area contributed by atoms with Gasteiger partial charge < -0.3 is 9.47 Å². The fourth-order valence-electron chi connectivity index (χ4n) is 3.35. The summed E-state index contributed by atoms with van der Waals surface area (Å²) in [6.45, 7) is 0.822. The lowest BCUT2D eigenvalue weighted by Gasteiger charge is -2.18. The van der Waals surface area contributed by atoms with Gasteiger partial charge in [0, 0.05) is 10.8 Å². The van der Waals surface area contributed by atoms with Crippen molar-refractivity contribution in [3.8, 4) is 0 Å². The van der Waals surface area contributed by atoms with Crippen LogP contribution in [-0.2, 0) is 20.3 Å². The van der Waals surface area contributed by atoms with Crippen LogP contribution in [0.2, 0.25) is 0 Å². The molecule has 3 nitrogen and oxygen atoms in total. The van der Waals surface area contributed by atoms with E-state index in [-0.39, 0.29) is 10.8 Å². The van der Waals surface area contributed by atoms with Crippen molar-refractivity contribution in [3.05, 3.63) is 71.8 Å². The fraction of sp³-hybridized carbons (Fsp3) is 0.381. The topological polar surface area (TPSA) is 35.5 Å². The molecule has 2 aliphatic carbocycles. The van der Waals surface area contributed by atoms with Crippen LogP contribution >= 0.6 is 0 Å². The molecule has 24 heavy (non-hydrogen) atoms. The van der Waals surface area contributed by atoms with E-state index in [0.29, 0.717) is 13.2 Å². The predicted molar refractivity (Wildman–Crippen MR) is 92.0 cm³/mol. The van der Waals surface area contributed by atoms with Crippen LogP contribution < -0.4 is 0 Å². The fourth-order valence-corrected chi connectivity index (χ4v) is 3.35. The summed E-state index contributed by atoms with van der Waals surface area (Å²) >= 11 is 0. The first kappa shape index (κ1) is 15.3. The van der Waals surface area contributed by atoms with Gasteiger partial charge in [-0.05, 0) is 36.8 Å². The third kappa shape index (κ3) is 3.03. The predicted octanol–water partition coefficient (Wildman–Crippen LogP) is 4.60. The second-order valence-electron chi connectivity index (χ2n) is 7.12. The van der Waals surface area contributed by atoms with Crippen molar-refractivity contribution < 1.29 is 14.3 Å². The van der Waals surface area contributed by atoms with Gasteiger partial charge in [0.05, 0.1) is 0 Å². The van der Waals surface area contributed by atoms with Gasteiger partial charge in [-0.2, -0.15) is 0 Å². The van der Waals surface area contributed by atoms with Crippen LogP contribution in [0, 0.1) is 0 Å². The zero-order chi connectivity index (χ0) is 16.5. The van der Waals surface area contributed by atoms with Crippen LogP contribution in [0.4, 0.5) is 4.79 Å². The molecule has 0 unspecified atom stereocenters. The number of carbonyl (C=O) groups is 1. The highest BCUT2D eigenvalue weighted by molar-refractivity contribution is 5.60. The minimum Gasteiger partial charge on any atom is -0.433 e. The van der Waals surface area contributed by atoms with Gasteiger partial charge >= 0.3 is 6.16 Å². The highest BCUT2D eigenvalue weighted by atomic mass is 16.7. The molecule has 0 radical (unpaired) electrons. The second kappa shape index (κ2) is 5.97. The molecule has 0 atom stereocenters. The first-order valence-electron chi connectivity index (χ1n) is 8.63. The minimum absolute atomic E-state index is 0.0109. The largest absolute Gasteiger partial charge is 0.508 e. The molecule has 2 fully saturated rings. The summed E-state index contributed by atoms with van der Waals surface area (Å²) in [6, 6.07) is 20.6. The average molecular weight is 322 g/mol. The Hall–Kier alpha value is -2.29. The molecule has 2 saturated carbocycles. The summed E-state index contributed by atoms with van der Waals surface area (Å²) < 4.78 is 10.8. The molecule has 0 aromatic heterocycles. The quantitative estimate of drug-likeness (QED) is 0.729. The number of hydrogen-bond acceptors (Lipinski definition) is 3. The summed E-state index contributed by atoms with van der Waals surface area (Å²) in [5, 5.41) is 0. The normalized spacial score (nSPS) is 19.3. The van der Waals surface area contributed by atoms with Crippen LogP contribution in [0.15, 0.2) is 60.7 Å². The van der Waals surface area contributed by atoms with Crippen molar-refractivity contribution in [2.24, 2.45) is 0 Å². The highest BCUT2D eigenvalue weighted by Crippen LogP contribution is 2.49. The second-order valence-corrected chi connectivity index (χ2v) is 7.12. The maximum Gasteiger partial charge on any atom is 0.508 e. The number of hydrogen-bond donors (Lipinski definition) is 0. The van der Waals surface area contributed by atoms with Gasteiger partial charge in [0.15, 0.2) is 0 Å². The molecule has 4 rings (SSSR count). The molecule has 0 saturated heterocycles. The molecule has 0 N–H and O–H groups in total. The smallest absolute Gasteiger partial charge is 0.433 e. The van der Waals surface area contributed by atoms with E-state index >= 15 is 0 Å². The van der Waals surface area contributed by atoms with E-state index in [9.17, 15) is 4.79 Å².